The van der Waals surface area contributed by atoms with E-state index in [0.717, 1.165) is 12.8 Å². The lowest BCUT2D eigenvalue weighted by Gasteiger charge is -2.31. The minimum Gasteiger partial charge on any atom is -0.496 e. The highest BCUT2D eigenvalue weighted by Crippen LogP contribution is 2.35. The number of hydrogen-bond donors (Lipinski definition) is 0. The Kier molecular flexibility index (Phi) is 4.85. The number of benzene rings is 1. The van der Waals surface area contributed by atoms with Gasteiger partial charge in [0.1, 0.15) is 5.75 Å². The first-order valence-electron chi connectivity index (χ1n) is 9.12. The van der Waals surface area contributed by atoms with Gasteiger partial charge in [-0.3, -0.25) is 4.79 Å². The molecule has 6 nitrogen and oxygen atoms in total. The lowest BCUT2D eigenvalue weighted by molar-refractivity contribution is -0.130. The maximum Gasteiger partial charge on any atom is 0.261 e. The Hall–Kier alpha value is -2.08. The van der Waals surface area contributed by atoms with Gasteiger partial charge in [-0.2, -0.15) is 4.98 Å². The Morgan fingerprint density at radius 1 is 1.27 bits per heavy atom. The van der Waals surface area contributed by atoms with Gasteiger partial charge in [0, 0.05) is 29.9 Å². The van der Waals surface area contributed by atoms with Crippen LogP contribution in [0.2, 0.25) is 5.02 Å². The number of carbonyl (C=O) groups excluding carboxylic acids is 1. The summed E-state index contributed by atoms with van der Waals surface area (Å²) in [5.41, 5.74) is 0.659. The topological polar surface area (TPSA) is 68.5 Å². The largest absolute Gasteiger partial charge is 0.496 e. The van der Waals surface area contributed by atoms with E-state index in [1.54, 1.807) is 25.3 Å². The van der Waals surface area contributed by atoms with Crippen molar-refractivity contribution in [3.63, 3.8) is 0 Å². The minimum absolute atomic E-state index is 0.0212. The summed E-state index contributed by atoms with van der Waals surface area (Å²) in [6, 6.07) is 5.64. The van der Waals surface area contributed by atoms with Crippen molar-refractivity contribution < 1.29 is 14.1 Å². The number of aromatic nitrogens is 2. The average molecular weight is 376 g/mol. The molecule has 138 valence electrons. The van der Waals surface area contributed by atoms with E-state index < -0.39 is 0 Å². The normalized spacial score (nSPS) is 21.4. The maximum absolute atomic E-state index is 12.5. The standard InChI is InChI=1S/C19H22ClN3O3/c1-25-16-8-7-13(20)10-15(16)19-21-18(22-26-19)12-9-17(24)23(11-12)14-5-3-2-4-6-14/h7-8,10,12,14H,2-6,9,11H2,1H3. The van der Waals surface area contributed by atoms with E-state index >= 15 is 0 Å². The fraction of sp³-hybridized carbons (Fsp3) is 0.526. The second-order valence-corrected chi connectivity index (χ2v) is 7.48. The molecule has 0 radical (unpaired) electrons. The zero-order valence-corrected chi connectivity index (χ0v) is 15.5. The van der Waals surface area contributed by atoms with Crippen molar-refractivity contribution in [3.8, 4) is 17.2 Å². The molecule has 2 fully saturated rings. The van der Waals surface area contributed by atoms with E-state index in [2.05, 4.69) is 10.1 Å². The van der Waals surface area contributed by atoms with Crippen molar-refractivity contribution in [3.05, 3.63) is 29.0 Å². The van der Waals surface area contributed by atoms with Crippen LogP contribution in [0, 0.1) is 0 Å². The van der Waals surface area contributed by atoms with E-state index in [1.807, 2.05) is 4.90 Å². The molecule has 1 unspecified atom stereocenters. The van der Waals surface area contributed by atoms with Crippen LogP contribution < -0.4 is 4.74 Å². The Bertz CT molecular complexity index is 801. The summed E-state index contributed by atoms with van der Waals surface area (Å²) in [6.45, 7) is 0.676. The van der Waals surface area contributed by atoms with E-state index in [0.29, 0.717) is 47.1 Å². The molecule has 1 aliphatic carbocycles. The van der Waals surface area contributed by atoms with Crippen LogP contribution in [0.5, 0.6) is 5.75 Å². The van der Waals surface area contributed by atoms with E-state index in [4.69, 9.17) is 20.9 Å². The van der Waals surface area contributed by atoms with Crippen LogP contribution >= 0.6 is 11.6 Å². The van der Waals surface area contributed by atoms with Crippen LogP contribution in [0.4, 0.5) is 0 Å². The molecule has 1 atom stereocenters. The molecule has 1 aromatic carbocycles. The quantitative estimate of drug-likeness (QED) is 0.806. The predicted octanol–water partition coefficient (Wildman–Crippen LogP) is 4.05. The average Bonchev–Trinajstić information content (AvgIpc) is 3.29. The third kappa shape index (κ3) is 3.30. The third-order valence-corrected chi connectivity index (χ3v) is 5.61. The van der Waals surface area contributed by atoms with Gasteiger partial charge in [-0.1, -0.05) is 36.0 Å². The van der Waals surface area contributed by atoms with Gasteiger partial charge in [-0.25, -0.2) is 0 Å². The summed E-state index contributed by atoms with van der Waals surface area (Å²) in [5, 5.41) is 4.70. The first-order chi connectivity index (χ1) is 12.7. The van der Waals surface area contributed by atoms with Gasteiger partial charge in [-0.05, 0) is 31.0 Å². The third-order valence-electron chi connectivity index (χ3n) is 5.37. The van der Waals surface area contributed by atoms with Gasteiger partial charge in [0.15, 0.2) is 5.82 Å². The van der Waals surface area contributed by atoms with Gasteiger partial charge in [0.05, 0.1) is 12.7 Å². The number of hydrogen-bond acceptors (Lipinski definition) is 5. The molecular weight excluding hydrogens is 354 g/mol. The van der Waals surface area contributed by atoms with Crippen LogP contribution in [-0.2, 0) is 4.79 Å². The molecule has 2 heterocycles. The molecule has 1 saturated carbocycles. The molecule has 1 saturated heterocycles. The number of nitrogens with zero attached hydrogens (tertiary/aromatic N) is 3. The highest BCUT2D eigenvalue weighted by Gasteiger charge is 2.37. The van der Waals surface area contributed by atoms with Gasteiger partial charge in [-0.15, -0.1) is 0 Å². The molecule has 1 aromatic heterocycles. The van der Waals surface area contributed by atoms with Crippen molar-refractivity contribution in [2.45, 2.75) is 50.5 Å². The monoisotopic (exact) mass is 375 g/mol. The predicted molar refractivity (Wildman–Crippen MR) is 97.2 cm³/mol. The van der Waals surface area contributed by atoms with Crippen molar-refractivity contribution in [2.24, 2.45) is 0 Å². The second-order valence-electron chi connectivity index (χ2n) is 7.04. The number of halogens is 1. The van der Waals surface area contributed by atoms with Gasteiger partial charge in [0.2, 0.25) is 5.91 Å². The molecule has 2 aromatic rings. The highest BCUT2D eigenvalue weighted by molar-refractivity contribution is 6.30. The maximum atomic E-state index is 12.5. The Morgan fingerprint density at radius 3 is 2.85 bits per heavy atom. The summed E-state index contributed by atoms with van der Waals surface area (Å²) in [7, 11) is 1.59. The molecule has 1 amide bonds. The molecule has 1 aliphatic heterocycles. The lowest BCUT2D eigenvalue weighted by Crippen LogP contribution is -2.37. The first-order valence-corrected chi connectivity index (χ1v) is 9.50. The van der Waals surface area contributed by atoms with E-state index in [1.165, 1.54) is 19.3 Å². The number of likely N-dealkylation sites (tertiary alicyclic amines) is 1. The van der Waals surface area contributed by atoms with Gasteiger partial charge < -0.3 is 14.2 Å². The van der Waals surface area contributed by atoms with E-state index in [-0.39, 0.29) is 11.8 Å². The summed E-state index contributed by atoms with van der Waals surface area (Å²) in [5.74, 6) is 1.74. The Morgan fingerprint density at radius 2 is 2.08 bits per heavy atom. The number of carbonyl (C=O) groups is 1. The lowest BCUT2D eigenvalue weighted by atomic mass is 9.94. The second kappa shape index (κ2) is 7.27. The molecular formula is C19H22ClN3O3. The molecule has 0 spiro atoms. The van der Waals surface area contributed by atoms with E-state index in [9.17, 15) is 4.79 Å². The minimum atomic E-state index is -0.0212. The molecule has 0 bridgehead atoms. The Balaban J connectivity index is 1.53. The number of rotatable bonds is 4. The molecule has 7 heteroatoms. The molecule has 0 N–H and O–H groups in total. The van der Waals surface area contributed by atoms with Crippen LogP contribution in [0.15, 0.2) is 22.7 Å². The van der Waals surface area contributed by atoms with Crippen LogP contribution in [0.25, 0.3) is 11.5 Å². The first kappa shape index (κ1) is 17.3. The molecule has 4 rings (SSSR count). The SMILES string of the molecule is COc1ccc(Cl)cc1-c1nc(C2CC(=O)N(C3CCCCC3)C2)no1. The molecule has 26 heavy (non-hydrogen) atoms. The van der Waals surface area contributed by atoms with Crippen LogP contribution in [-0.4, -0.2) is 40.6 Å². The highest BCUT2D eigenvalue weighted by atomic mass is 35.5. The van der Waals surface area contributed by atoms with Crippen molar-refractivity contribution >= 4 is 17.5 Å². The summed E-state index contributed by atoms with van der Waals surface area (Å²) in [6.07, 6.45) is 6.35. The number of methoxy groups -OCH3 is 1. The zero-order chi connectivity index (χ0) is 18.1. The van der Waals surface area contributed by atoms with Crippen LogP contribution in [0.1, 0.15) is 50.3 Å². The smallest absolute Gasteiger partial charge is 0.261 e. The number of amides is 1. The van der Waals surface area contributed by atoms with Crippen molar-refractivity contribution in [1.29, 1.82) is 0 Å². The fourth-order valence-corrected chi connectivity index (χ4v) is 4.18. The number of ether oxygens (including phenoxy) is 1. The summed E-state index contributed by atoms with van der Waals surface area (Å²) < 4.78 is 10.8. The van der Waals surface area contributed by atoms with Crippen molar-refractivity contribution in [1.82, 2.24) is 15.0 Å². The fourth-order valence-electron chi connectivity index (χ4n) is 4.01. The zero-order valence-electron chi connectivity index (χ0n) is 14.8. The van der Waals surface area contributed by atoms with Gasteiger partial charge >= 0.3 is 0 Å². The summed E-state index contributed by atoms with van der Waals surface area (Å²) in [4.78, 5) is 19.0. The molecule has 2 aliphatic rings. The van der Waals surface area contributed by atoms with Crippen LogP contribution in [0.3, 0.4) is 0 Å². The Labute approximate surface area is 157 Å². The summed E-state index contributed by atoms with van der Waals surface area (Å²) >= 11 is 6.09. The van der Waals surface area contributed by atoms with Crippen molar-refractivity contribution in [2.75, 3.05) is 13.7 Å². The van der Waals surface area contributed by atoms with Gasteiger partial charge in [0.25, 0.3) is 5.89 Å².